The van der Waals surface area contributed by atoms with E-state index in [0.717, 1.165) is 17.5 Å². The minimum absolute atomic E-state index is 0.0290. The van der Waals surface area contributed by atoms with Crippen molar-refractivity contribution < 1.29 is 9.90 Å². The Morgan fingerprint density at radius 2 is 1.81 bits per heavy atom. The van der Waals surface area contributed by atoms with Crippen molar-refractivity contribution in [3.63, 3.8) is 0 Å². The standard InChI is InChI=1S/C14H15N3O2.C9H6N2O2/c15-6-8-1-2-9-3-4-17(7-10(9)5-8)12-11(16)13(18)14(12)19;12-9(13)8-5-10-6-3-1-2-4-7(6)11-8/h1-2,5H,3-4,6-7,15-16H2;1-5H,(H,12,13). The Balaban J connectivity index is 0.000000165. The molecule has 2 heterocycles. The average molecular weight is 431 g/mol. The van der Waals surface area contributed by atoms with Crippen LogP contribution >= 0.6 is 0 Å². The zero-order valence-corrected chi connectivity index (χ0v) is 17.1. The van der Waals surface area contributed by atoms with E-state index in [0.29, 0.717) is 36.4 Å². The molecule has 9 heteroatoms. The van der Waals surface area contributed by atoms with Crippen LogP contribution in [-0.4, -0.2) is 27.6 Å². The van der Waals surface area contributed by atoms with E-state index in [1.807, 2.05) is 17.0 Å². The molecule has 3 aromatic carbocycles. The van der Waals surface area contributed by atoms with E-state index >= 15 is 0 Å². The number of hydrogen-bond acceptors (Lipinski definition) is 8. The summed E-state index contributed by atoms with van der Waals surface area (Å²) >= 11 is 0. The second kappa shape index (κ2) is 8.56. The summed E-state index contributed by atoms with van der Waals surface area (Å²) in [6.45, 7) is 1.82. The summed E-state index contributed by atoms with van der Waals surface area (Å²) in [4.78, 5) is 43.0. The lowest BCUT2D eigenvalue weighted by Crippen LogP contribution is -2.44. The number of nitrogen functional groups attached to an aromatic ring is 1. The topological polar surface area (TPSA) is 152 Å². The third-order valence-electron chi connectivity index (χ3n) is 5.42. The fourth-order valence-corrected chi connectivity index (χ4v) is 3.70. The summed E-state index contributed by atoms with van der Waals surface area (Å²) in [5, 5.41) is 8.64. The molecule has 5 rings (SSSR count). The molecule has 1 aliphatic rings. The second-order valence-corrected chi connectivity index (χ2v) is 7.45. The predicted molar refractivity (Wildman–Crippen MR) is 121 cm³/mol. The minimum Gasteiger partial charge on any atom is -0.476 e. The molecule has 4 aromatic rings. The number of aromatic carboxylic acids is 1. The van der Waals surface area contributed by atoms with Crippen LogP contribution in [0.2, 0.25) is 0 Å². The molecule has 0 saturated carbocycles. The van der Waals surface area contributed by atoms with Gasteiger partial charge in [0.1, 0.15) is 11.4 Å². The number of carbonyl (C=O) groups is 1. The van der Waals surface area contributed by atoms with Crippen molar-refractivity contribution in [3.8, 4) is 0 Å². The maximum absolute atomic E-state index is 11.6. The highest BCUT2D eigenvalue weighted by atomic mass is 16.4. The van der Waals surface area contributed by atoms with Crippen molar-refractivity contribution in [3.05, 3.63) is 91.5 Å². The zero-order valence-electron chi connectivity index (χ0n) is 17.1. The highest BCUT2D eigenvalue weighted by Gasteiger charge is 2.26. The molecule has 0 atom stereocenters. The van der Waals surface area contributed by atoms with Crippen LogP contribution in [-0.2, 0) is 19.5 Å². The number of fused-ring (bicyclic) bond motifs is 2. The van der Waals surface area contributed by atoms with Crippen molar-refractivity contribution in [2.75, 3.05) is 17.2 Å². The van der Waals surface area contributed by atoms with Crippen molar-refractivity contribution in [1.29, 1.82) is 0 Å². The molecule has 0 radical (unpaired) electrons. The Morgan fingerprint density at radius 1 is 1.06 bits per heavy atom. The van der Waals surface area contributed by atoms with E-state index in [1.165, 1.54) is 11.8 Å². The largest absolute Gasteiger partial charge is 0.476 e. The second-order valence-electron chi connectivity index (χ2n) is 7.45. The van der Waals surface area contributed by atoms with E-state index in [2.05, 4.69) is 22.1 Å². The van der Waals surface area contributed by atoms with Gasteiger partial charge in [0.2, 0.25) is 0 Å². The fourth-order valence-electron chi connectivity index (χ4n) is 3.70. The van der Waals surface area contributed by atoms with Gasteiger partial charge in [0.25, 0.3) is 10.9 Å². The molecule has 1 aliphatic heterocycles. The molecule has 0 unspecified atom stereocenters. The number of carboxylic acids is 1. The predicted octanol–water partition coefficient (Wildman–Crippen LogP) is 1.21. The van der Waals surface area contributed by atoms with E-state index in [-0.39, 0.29) is 11.4 Å². The molecular formula is C23H21N5O4. The van der Waals surface area contributed by atoms with E-state index in [9.17, 15) is 14.4 Å². The number of benzene rings is 2. The molecular weight excluding hydrogens is 410 g/mol. The monoisotopic (exact) mass is 431 g/mol. The van der Waals surface area contributed by atoms with Gasteiger partial charge in [0, 0.05) is 19.6 Å². The van der Waals surface area contributed by atoms with Crippen LogP contribution in [0.25, 0.3) is 11.0 Å². The Bertz CT molecular complexity index is 1390. The van der Waals surface area contributed by atoms with Crippen molar-refractivity contribution in [2.24, 2.45) is 5.73 Å². The quantitative estimate of drug-likeness (QED) is 0.406. The van der Waals surface area contributed by atoms with Gasteiger partial charge >= 0.3 is 5.97 Å². The van der Waals surface area contributed by atoms with Crippen LogP contribution in [0.3, 0.4) is 0 Å². The molecule has 0 spiro atoms. The highest BCUT2D eigenvalue weighted by molar-refractivity contribution is 5.87. The van der Waals surface area contributed by atoms with Crippen LogP contribution in [0.1, 0.15) is 27.2 Å². The third kappa shape index (κ3) is 3.93. The lowest BCUT2D eigenvalue weighted by atomic mass is 9.96. The summed E-state index contributed by atoms with van der Waals surface area (Å²) < 4.78 is 0. The molecule has 0 saturated heterocycles. The van der Waals surface area contributed by atoms with Gasteiger partial charge in [-0.1, -0.05) is 30.3 Å². The van der Waals surface area contributed by atoms with E-state index < -0.39 is 16.8 Å². The van der Waals surface area contributed by atoms with Crippen molar-refractivity contribution in [1.82, 2.24) is 9.97 Å². The Morgan fingerprint density at radius 3 is 2.50 bits per heavy atom. The van der Waals surface area contributed by atoms with Crippen LogP contribution in [0.4, 0.5) is 11.4 Å². The molecule has 0 bridgehead atoms. The smallest absolute Gasteiger partial charge is 0.356 e. The number of aromatic nitrogens is 2. The lowest BCUT2D eigenvalue weighted by molar-refractivity contribution is 0.0690. The van der Waals surface area contributed by atoms with Gasteiger partial charge in [-0.2, -0.15) is 0 Å². The SMILES string of the molecule is NCc1ccc2c(c1)CN(c1c(N)c(=O)c1=O)CC2.O=C(O)c1cnc2ccccc2n1. The number of rotatable bonds is 3. The third-order valence-corrected chi connectivity index (χ3v) is 5.42. The van der Waals surface area contributed by atoms with Gasteiger partial charge in [0.05, 0.1) is 17.2 Å². The van der Waals surface area contributed by atoms with E-state index in [1.54, 1.807) is 18.2 Å². The summed E-state index contributed by atoms with van der Waals surface area (Å²) in [6, 6.07) is 13.3. The Hall–Kier alpha value is -4.11. The summed E-state index contributed by atoms with van der Waals surface area (Å²) in [7, 11) is 0. The van der Waals surface area contributed by atoms with Crippen molar-refractivity contribution >= 4 is 28.4 Å². The Labute approximate surface area is 182 Å². The van der Waals surface area contributed by atoms with Crippen LogP contribution in [0.5, 0.6) is 0 Å². The molecule has 162 valence electrons. The number of nitrogens with two attached hydrogens (primary N) is 2. The maximum Gasteiger partial charge on any atom is 0.356 e. The first-order chi connectivity index (χ1) is 15.4. The maximum atomic E-state index is 11.6. The summed E-state index contributed by atoms with van der Waals surface area (Å²) in [6.07, 6.45) is 2.10. The normalized spacial score (nSPS) is 12.8. The number of carboxylic acid groups (broad SMARTS) is 1. The molecule has 9 nitrogen and oxygen atoms in total. The first kappa shape index (κ1) is 21.1. The number of nitrogens with zero attached hydrogens (tertiary/aromatic N) is 3. The van der Waals surface area contributed by atoms with Gasteiger partial charge in [-0.25, -0.2) is 9.78 Å². The zero-order chi connectivity index (χ0) is 22.8. The molecule has 0 amide bonds. The molecule has 32 heavy (non-hydrogen) atoms. The van der Waals surface area contributed by atoms with Gasteiger partial charge in [0.15, 0.2) is 5.69 Å². The summed E-state index contributed by atoms with van der Waals surface area (Å²) in [5.74, 6) is -1.06. The van der Waals surface area contributed by atoms with Crippen molar-refractivity contribution in [2.45, 2.75) is 19.5 Å². The lowest BCUT2D eigenvalue weighted by Gasteiger charge is -2.31. The molecule has 5 N–H and O–H groups in total. The van der Waals surface area contributed by atoms with Gasteiger partial charge in [-0.3, -0.25) is 14.6 Å². The molecule has 0 aliphatic carbocycles. The number of para-hydroxylation sites is 2. The average Bonchev–Trinajstić information content (AvgIpc) is 2.83. The van der Waals surface area contributed by atoms with E-state index in [4.69, 9.17) is 16.6 Å². The molecule has 1 aromatic heterocycles. The van der Waals surface area contributed by atoms with Gasteiger partial charge in [-0.05, 0) is 35.2 Å². The van der Waals surface area contributed by atoms with Crippen LogP contribution in [0, 0.1) is 0 Å². The Kier molecular flexibility index (Phi) is 5.65. The molecule has 0 fully saturated rings. The first-order valence-corrected chi connectivity index (χ1v) is 9.98. The number of hydrogen-bond donors (Lipinski definition) is 3. The highest BCUT2D eigenvalue weighted by Crippen LogP contribution is 2.26. The first-order valence-electron chi connectivity index (χ1n) is 9.98. The summed E-state index contributed by atoms with van der Waals surface area (Å²) in [5.41, 5.74) is 15.5. The minimum atomic E-state index is -1.06. The van der Waals surface area contributed by atoms with Gasteiger partial charge < -0.3 is 21.5 Å². The van der Waals surface area contributed by atoms with Crippen LogP contribution < -0.4 is 27.2 Å². The van der Waals surface area contributed by atoms with Gasteiger partial charge in [-0.15, -0.1) is 0 Å². The fraction of sp³-hybridized carbons (Fsp3) is 0.174. The van der Waals surface area contributed by atoms with Crippen LogP contribution in [0.15, 0.2) is 58.3 Å². The number of anilines is 2.